The molecule has 0 unspecified atom stereocenters. The molecule has 22 heavy (non-hydrogen) atoms. The molecule has 1 aliphatic heterocycles. The average Bonchev–Trinajstić information content (AvgIpc) is 2.96. The highest BCUT2D eigenvalue weighted by Crippen LogP contribution is 2.23. The molecule has 1 N–H and O–H groups in total. The van der Waals surface area contributed by atoms with E-state index in [4.69, 9.17) is 4.74 Å². The highest BCUT2D eigenvalue weighted by molar-refractivity contribution is 5.27. The van der Waals surface area contributed by atoms with Crippen LogP contribution in [-0.4, -0.2) is 38.4 Å². The number of aromatic nitrogens is 5. The topological polar surface area (TPSA) is 77.8 Å². The molecule has 7 heteroatoms. The molecule has 0 aromatic carbocycles. The van der Waals surface area contributed by atoms with Crippen LogP contribution in [0.1, 0.15) is 37.8 Å². The van der Waals surface area contributed by atoms with Gasteiger partial charge >= 0.3 is 0 Å². The summed E-state index contributed by atoms with van der Waals surface area (Å²) in [7, 11) is 1.61. The lowest BCUT2D eigenvalue weighted by molar-refractivity contribution is 0.370. The quantitative estimate of drug-likeness (QED) is 0.908. The molecular formula is C15H22N6O. The standard InChI is InChI=1S/C15H22N6O/c1-10(2)14-20-19-12-5-4-11(9-21(12)14)8-17-15-16-7-6-13(18-15)22-3/h6-7,10-11H,4-5,8-9H2,1-3H3,(H,16,17,18)/t11-/m0/s1. The Labute approximate surface area is 130 Å². The van der Waals surface area contributed by atoms with Gasteiger partial charge in [-0.25, -0.2) is 4.98 Å². The lowest BCUT2D eigenvalue weighted by Gasteiger charge is -2.25. The summed E-state index contributed by atoms with van der Waals surface area (Å²) < 4.78 is 7.38. The van der Waals surface area contributed by atoms with Gasteiger partial charge in [-0.05, 0) is 12.3 Å². The summed E-state index contributed by atoms with van der Waals surface area (Å²) in [4.78, 5) is 8.50. The Hall–Kier alpha value is -2.18. The number of aryl methyl sites for hydroxylation is 1. The van der Waals surface area contributed by atoms with Crippen molar-refractivity contribution in [3.63, 3.8) is 0 Å². The van der Waals surface area contributed by atoms with Gasteiger partial charge in [-0.1, -0.05) is 13.8 Å². The van der Waals surface area contributed by atoms with Crippen molar-refractivity contribution >= 4 is 5.95 Å². The molecule has 2 aromatic rings. The summed E-state index contributed by atoms with van der Waals surface area (Å²) in [6.07, 6.45) is 3.78. The van der Waals surface area contributed by atoms with Crippen molar-refractivity contribution in [1.29, 1.82) is 0 Å². The number of methoxy groups -OCH3 is 1. The van der Waals surface area contributed by atoms with Gasteiger partial charge in [-0.15, -0.1) is 10.2 Å². The molecule has 7 nitrogen and oxygen atoms in total. The van der Waals surface area contributed by atoms with Gasteiger partial charge in [0.2, 0.25) is 11.8 Å². The normalized spacial score (nSPS) is 17.4. The van der Waals surface area contributed by atoms with Crippen molar-refractivity contribution in [2.24, 2.45) is 5.92 Å². The predicted molar refractivity (Wildman–Crippen MR) is 83.0 cm³/mol. The number of fused-ring (bicyclic) bond motifs is 1. The molecule has 0 aliphatic carbocycles. The largest absolute Gasteiger partial charge is 0.481 e. The summed E-state index contributed by atoms with van der Waals surface area (Å²) in [5, 5.41) is 11.9. The SMILES string of the molecule is COc1ccnc(NC[C@@H]2CCc3nnc(C(C)C)n3C2)n1. The fourth-order valence-corrected chi connectivity index (χ4v) is 2.79. The Bertz CT molecular complexity index is 639. The second-order valence-electron chi connectivity index (χ2n) is 5.95. The molecule has 0 saturated heterocycles. The first-order chi connectivity index (χ1) is 10.7. The van der Waals surface area contributed by atoms with Crippen LogP contribution in [0.2, 0.25) is 0 Å². The predicted octanol–water partition coefficient (Wildman–Crippen LogP) is 1.87. The molecule has 1 atom stereocenters. The first-order valence-electron chi connectivity index (χ1n) is 7.70. The lowest BCUT2D eigenvalue weighted by atomic mass is 9.99. The molecule has 1 aliphatic rings. The van der Waals surface area contributed by atoms with Gasteiger partial charge in [0.15, 0.2) is 0 Å². The molecule has 3 rings (SSSR count). The second-order valence-corrected chi connectivity index (χ2v) is 5.95. The Morgan fingerprint density at radius 1 is 1.41 bits per heavy atom. The summed E-state index contributed by atoms with van der Waals surface area (Å²) in [5.41, 5.74) is 0. The molecule has 0 bridgehead atoms. The van der Waals surface area contributed by atoms with E-state index in [0.29, 0.717) is 23.7 Å². The first-order valence-corrected chi connectivity index (χ1v) is 7.70. The number of anilines is 1. The highest BCUT2D eigenvalue weighted by atomic mass is 16.5. The van der Waals surface area contributed by atoms with E-state index in [9.17, 15) is 0 Å². The minimum absolute atomic E-state index is 0.398. The van der Waals surface area contributed by atoms with Crippen molar-refractivity contribution in [1.82, 2.24) is 24.7 Å². The van der Waals surface area contributed by atoms with Crippen LogP contribution in [0.25, 0.3) is 0 Å². The minimum atomic E-state index is 0.398. The van der Waals surface area contributed by atoms with Crippen LogP contribution in [0, 0.1) is 5.92 Å². The van der Waals surface area contributed by atoms with Crippen molar-refractivity contribution in [3.05, 3.63) is 23.9 Å². The molecule has 0 spiro atoms. The number of rotatable bonds is 5. The molecule has 118 valence electrons. The molecular weight excluding hydrogens is 280 g/mol. The monoisotopic (exact) mass is 302 g/mol. The zero-order valence-electron chi connectivity index (χ0n) is 13.3. The summed E-state index contributed by atoms with van der Waals surface area (Å²) in [5.74, 6) is 4.29. The molecule has 0 saturated carbocycles. The fourth-order valence-electron chi connectivity index (χ4n) is 2.79. The zero-order chi connectivity index (χ0) is 15.5. The van der Waals surface area contributed by atoms with Crippen LogP contribution in [-0.2, 0) is 13.0 Å². The Kier molecular flexibility index (Phi) is 4.22. The summed E-state index contributed by atoms with van der Waals surface area (Å²) in [6.45, 7) is 6.10. The van der Waals surface area contributed by atoms with E-state index in [1.165, 1.54) is 0 Å². The van der Waals surface area contributed by atoms with Crippen molar-refractivity contribution < 1.29 is 4.74 Å². The summed E-state index contributed by atoms with van der Waals surface area (Å²) >= 11 is 0. The van der Waals surface area contributed by atoms with E-state index in [0.717, 1.165) is 37.6 Å². The van der Waals surface area contributed by atoms with Crippen molar-refractivity contribution in [3.8, 4) is 5.88 Å². The Morgan fingerprint density at radius 3 is 3.05 bits per heavy atom. The number of nitrogens with zero attached hydrogens (tertiary/aromatic N) is 5. The van der Waals surface area contributed by atoms with Gasteiger partial charge in [0.1, 0.15) is 11.6 Å². The minimum Gasteiger partial charge on any atom is -0.481 e. The van der Waals surface area contributed by atoms with E-state index < -0.39 is 0 Å². The van der Waals surface area contributed by atoms with E-state index in [1.807, 2.05) is 0 Å². The fraction of sp³-hybridized carbons (Fsp3) is 0.600. The van der Waals surface area contributed by atoms with Crippen LogP contribution >= 0.6 is 0 Å². The first kappa shape index (κ1) is 14.7. The third-order valence-corrected chi connectivity index (χ3v) is 3.98. The zero-order valence-corrected chi connectivity index (χ0v) is 13.3. The van der Waals surface area contributed by atoms with Crippen molar-refractivity contribution in [2.45, 2.75) is 39.2 Å². The third-order valence-electron chi connectivity index (χ3n) is 3.98. The Balaban J connectivity index is 1.63. The van der Waals surface area contributed by atoms with Gasteiger partial charge in [-0.2, -0.15) is 4.98 Å². The van der Waals surface area contributed by atoms with Crippen LogP contribution < -0.4 is 10.1 Å². The van der Waals surface area contributed by atoms with Gasteiger partial charge in [0.05, 0.1) is 7.11 Å². The van der Waals surface area contributed by atoms with E-state index >= 15 is 0 Å². The van der Waals surface area contributed by atoms with Crippen LogP contribution in [0.15, 0.2) is 12.3 Å². The van der Waals surface area contributed by atoms with E-state index in [1.54, 1.807) is 19.4 Å². The number of ether oxygens (including phenoxy) is 1. The van der Waals surface area contributed by atoms with Crippen LogP contribution in [0.5, 0.6) is 5.88 Å². The molecule has 3 heterocycles. The van der Waals surface area contributed by atoms with E-state index in [2.05, 4.69) is 43.9 Å². The smallest absolute Gasteiger partial charge is 0.225 e. The Morgan fingerprint density at radius 2 is 2.27 bits per heavy atom. The molecule has 2 aromatic heterocycles. The lowest BCUT2D eigenvalue weighted by Crippen LogP contribution is -2.27. The maximum absolute atomic E-state index is 5.11. The van der Waals surface area contributed by atoms with Gasteiger partial charge in [0.25, 0.3) is 0 Å². The number of nitrogens with one attached hydrogen (secondary N) is 1. The maximum Gasteiger partial charge on any atom is 0.225 e. The van der Waals surface area contributed by atoms with Crippen LogP contribution in [0.4, 0.5) is 5.95 Å². The molecule has 0 amide bonds. The van der Waals surface area contributed by atoms with Crippen molar-refractivity contribution in [2.75, 3.05) is 19.0 Å². The molecule has 0 radical (unpaired) electrons. The second kappa shape index (κ2) is 6.29. The van der Waals surface area contributed by atoms with Gasteiger partial charge in [0, 0.05) is 37.7 Å². The maximum atomic E-state index is 5.11. The third kappa shape index (κ3) is 3.03. The number of hydrogen-bond donors (Lipinski definition) is 1. The van der Waals surface area contributed by atoms with E-state index in [-0.39, 0.29) is 0 Å². The van der Waals surface area contributed by atoms with Gasteiger partial charge in [-0.3, -0.25) is 0 Å². The average molecular weight is 302 g/mol. The summed E-state index contributed by atoms with van der Waals surface area (Å²) in [6, 6.07) is 1.74. The van der Waals surface area contributed by atoms with Gasteiger partial charge < -0.3 is 14.6 Å². The molecule has 0 fully saturated rings. The van der Waals surface area contributed by atoms with Crippen LogP contribution in [0.3, 0.4) is 0 Å². The number of hydrogen-bond acceptors (Lipinski definition) is 6. The highest BCUT2D eigenvalue weighted by Gasteiger charge is 2.23.